The van der Waals surface area contributed by atoms with Gasteiger partial charge in [-0.2, -0.15) is 0 Å². The van der Waals surface area contributed by atoms with Crippen molar-refractivity contribution in [3.63, 3.8) is 0 Å². The molecule has 0 aromatic heterocycles. The van der Waals surface area contributed by atoms with Crippen LogP contribution in [-0.2, 0) is 0 Å². The molecule has 90 valence electrons. The summed E-state index contributed by atoms with van der Waals surface area (Å²) < 4.78 is 0. The topological polar surface area (TPSA) is 0 Å². The van der Waals surface area contributed by atoms with Crippen LogP contribution < -0.4 is 0 Å². The molecule has 1 aromatic carbocycles. The summed E-state index contributed by atoms with van der Waals surface area (Å²) >= 11 is 4.52. The Bertz CT molecular complexity index is 293. The van der Waals surface area contributed by atoms with Crippen molar-refractivity contribution >= 4 is 12.6 Å². The third-order valence-electron chi connectivity index (χ3n) is 3.21. The predicted octanol–water partition coefficient (Wildman–Crippen LogP) is 5.44. The lowest BCUT2D eigenvalue weighted by atomic mass is 9.95. The zero-order chi connectivity index (χ0) is 11.8. The molecule has 0 saturated carbocycles. The van der Waals surface area contributed by atoms with Crippen molar-refractivity contribution in [2.75, 3.05) is 0 Å². The fourth-order valence-electron chi connectivity index (χ4n) is 2.11. The summed E-state index contributed by atoms with van der Waals surface area (Å²) in [5.41, 5.74) is 1.40. The molecule has 0 spiro atoms. The van der Waals surface area contributed by atoms with Crippen LogP contribution in [0.3, 0.4) is 0 Å². The van der Waals surface area contributed by atoms with Gasteiger partial charge in [-0.25, -0.2) is 0 Å². The molecular weight excluding hydrogens is 212 g/mol. The first-order chi connectivity index (χ1) is 7.75. The summed E-state index contributed by atoms with van der Waals surface area (Å²) in [5.74, 6) is 0.648. The molecule has 1 heteroatoms. The lowest BCUT2D eigenvalue weighted by molar-refractivity contribution is 0.563. The van der Waals surface area contributed by atoms with Crippen molar-refractivity contribution in [2.45, 2.75) is 63.2 Å². The Morgan fingerprint density at radius 3 is 2.44 bits per heavy atom. The number of hydrogen-bond acceptors (Lipinski definition) is 1. The van der Waals surface area contributed by atoms with Gasteiger partial charge in [0.05, 0.1) is 0 Å². The number of benzene rings is 1. The minimum absolute atomic E-state index is 0.648. The van der Waals surface area contributed by atoms with E-state index in [-0.39, 0.29) is 0 Å². The maximum absolute atomic E-state index is 4.52. The van der Waals surface area contributed by atoms with Crippen molar-refractivity contribution in [1.82, 2.24) is 0 Å². The van der Waals surface area contributed by atoms with Gasteiger partial charge in [-0.1, -0.05) is 64.2 Å². The van der Waals surface area contributed by atoms with Crippen LogP contribution in [0.2, 0.25) is 0 Å². The van der Waals surface area contributed by atoms with E-state index in [2.05, 4.69) is 50.7 Å². The van der Waals surface area contributed by atoms with E-state index in [4.69, 9.17) is 0 Å². The molecule has 0 N–H and O–H groups in total. The number of unbranched alkanes of at least 4 members (excludes halogenated alkanes) is 4. The summed E-state index contributed by atoms with van der Waals surface area (Å²) in [6.45, 7) is 4.58. The second kappa shape index (κ2) is 7.78. The SMILES string of the molecule is CCCCCCCC(C)c1ccccc1S. The minimum Gasteiger partial charge on any atom is -0.143 e. The Morgan fingerprint density at radius 1 is 1.06 bits per heavy atom. The Morgan fingerprint density at radius 2 is 1.75 bits per heavy atom. The summed E-state index contributed by atoms with van der Waals surface area (Å²) in [7, 11) is 0. The van der Waals surface area contributed by atoms with Gasteiger partial charge in [0.2, 0.25) is 0 Å². The molecule has 0 heterocycles. The van der Waals surface area contributed by atoms with Crippen molar-refractivity contribution in [2.24, 2.45) is 0 Å². The van der Waals surface area contributed by atoms with Gasteiger partial charge in [0, 0.05) is 4.90 Å². The van der Waals surface area contributed by atoms with Crippen LogP contribution in [0.15, 0.2) is 29.2 Å². The van der Waals surface area contributed by atoms with Gasteiger partial charge in [0.1, 0.15) is 0 Å². The van der Waals surface area contributed by atoms with Crippen LogP contribution >= 0.6 is 12.6 Å². The van der Waals surface area contributed by atoms with E-state index < -0.39 is 0 Å². The van der Waals surface area contributed by atoms with E-state index in [9.17, 15) is 0 Å². The van der Waals surface area contributed by atoms with E-state index in [0.29, 0.717) is 5.92 Å². The van der Waals surface area contributed by atoms with Crippen molar-refractivity contribution in [1.29, 1.82) is 0 Å². The average Bonchev–Trinajstić information content (AvgIpc) is 2.29. The highest BCUT2D eigenvalue weighted by Crippen LogP contribution is 2.27. The predicted molar refractivity (Wildman–Crippen MR) is 75.5 cm³/mol. The first-order valence-corrected chi connectivity index (χ1v) is 6.98. The lowest BCUT2D eigenvalue weighted by Crippen LogP contribution is -1.95. The van der Waals surface area contributed by atoms with E-state index in [1.165, 1.54) is 44.1 Å². The molecule has 1 rings (SSSR count). The van der Waals surface area contributed by atoms with Crippen LogP contribution in [0.5, 0.6) is 0 Å². The van der Waals surface area contributed by atoms with Gasteiger partial charge in [0.25, 0.3) is 0 Å². The highest BCUT2D eigenvalue weighted by atomic mass is 32.1. The molecule has 0 aliphatic heterocycles. The lowest BCUT2D eigenvalue weighted by Gasteiger charge is -2.13. The quantitative estimate of drug-likeness (QED) is 0.473. The number of rotatable bonds is 7. The van der Waals surface area contributed by atoms with E-state index in [0.717, 1.165) is 4.90 Å². The van der Waals surface area contributed by atoms with Gasteiger partial charge >= 0.3 is 0 Å². The van der Waals surface area contributed by atoms with Crippen LogP contribution in [0.4, 0.5) is 0 Å². The number of thiol groups is 1. The van der Waals surface area contributed by atoms with E-state index in [1.807, 2.05) is 0 Å². The molecule has 1 aromatic rings. The molecule has 1 unspecified atom stereocenters. The summed E-state index contributed by atoms with van der Waals surface area (Å²) in [4.78, 5) is 1.14. The fourth-order valence-corrected chi connectivity index (χ4v) is 2.49. The van der Waals surface area contributed by atoms with Gasteiger partial charge < -0.3 is 0 Å². The van der Waals surface area contributed by atoms with Gasteiger partial charge in [-0.3, -0.25) is 0 Å². The maximum Gasteiger partial charge on any atom is 0.00747 e. The molecule has 0 radical (unpaired) electrons. The van der Waals surface area contributed by atoms with Crippen LogP contribution in [0.25, 0.3) is 0 Å². The largest absolute Gasteiger partial charge is 0.143 e. The molecule has 0 nitrogen and oxygen atoms in total. The maximum atomic E-state index is 4.52. The van der Waals surface area contributed by atoms with Gasteiger partial charge in [-0.05, 0) is 24.0 Å². The molecule has 0 amide bonds. The van der Waals surface area contributed by atoms with Gasteiger partial charge in [0.15, 0.2) is 0 Å². The molecule has 0 aliphatic rings. The zero-order valence-corrected chi connectivity index (χ0v) is 11.5. The smallest absolute Gasteiger partial charge is 0.00747 e. The zero-order valence-electron chi connectivity index (χ0n) is 10.6. The first kappa shape index (κ1) is 13.6. The first-order valence-electron chi connectivity index (χ1n) is 6.53. The Hall–Kier alpha value is -0.430. The Kier molecular flexibility index (Phi) is 6.63. The minimum atomic E-state index is 0.648. The summed E-state index contributed by atoms with van der Waals surface area (Å²) in [5, 5.41) is 0. The highest BCUT2D eigenvalue weighted by molar-refractivity contribution is 7.80. The Labute approximate surface area is 106 Å². The third-order valence-corrected chi connectivity index (χ3v) is 3.62. The summed E-state index contributed by atoms with van der Waals surface area (Å²) in [6.07, 6.45) is 8.13. The Balaban J connectivity index is 2.30. The monoisotopic (exact) mass is 236 g/mol. The fraction of sp³-hybridized carbons (Fsp3) is 0.600. The van der Waals surface area contributed by atoms with E-state index in [1.54, 1.807) is 0 Å². The standard InChI is InChI=1S/C15H24S/c1-3-4-5-6-7-10-13(2)14-11-8-9-12-15(14)16/h8-9,11-13,16H,3-7,10H2,1-2H3. The molecule has 0 saturated heterocycles. The average molecular weight is 236 g/mol. The van der Waals surface area contributed by atoms with Crippen LogP contribution in [0.1, 0.15) is 63.9 Å². The molecule has 0 fully saturated rings. The highest BCUT2D eigenvalue weighted by Gasteiger charge is 2.07. The normalized spacial score (nSPS) is 12.7. The second-order valence-corrected chi connectivity index (χ2v) is 5.14. The second-order valence-electron chi connectivity index (χ2n) is 4.66. The van der Waals surface area contributed by atoms with Crippen molar-refractivity contribution in [3.05, 3.63) is 29.8 Å². The van der Waals surface area contributed by atoms with E-state index >= 15 is 0 Å². The molecule has 0 aliphatic carbocycles. The molecule has 16 heavy (non-hydrogen) atoms. The third kappa shape index (κ3) is 4.61. The molecule has 1 atom stereocenters. The van der Waals surface area contributed by atoms with Crippen LogP contribution in [0, 0.1) is 0 Å². The number of hydrogen-bond donors (Lipinski definition) is 1. The summed E-state index contributed by atoms with van der Waals surface area (Å²) in [6, 6.07) is 8.47. The molecule has 0 bridgehead atoms. The molecular formula is C15H24S. The van der Waals surface area contributed by atoms with Crippen LogP contribution in [-0.4, -0.2) is 0 Å². The van der Waals surface area contributed by atoms with Gasteiger partial charge in [-0.15, -0.1) is 12.6 Å². The van der Waals surface area contributed by atoms with Crippen molar-refractivity contribution < 1.29 is 0 Å². The van der Waals surface area contributed by atoms with Crippen molar-refractivity contribution in [3.8, 4) is 0 Å².